The Bertz CT molecular complexity index is 251. The molecule has 0 radical (unpaired) electrons. The maximum atomic E-state index is 12.4. The summed E-state index contributed by atoms with van der Waals surface area (Å²) < 4.78 is 12.4. The molecule has 64 valence electrons. The second-order valence-electron chi connectivity index (χ2n) is 2.43. The Balaban J connectivity index is 2.58. The number of rotatable bonds is 3. The first-order valence-corrected chi connectivity index (χ1v) is 4.34. The van der Waals surface area contributed by atoms with Crippen molar-refractivity contribution in [3.63, 3.8) is 0 Å². The van der Waals surface area contributed by atoms with Crippen LogP contribution in [0.3, 0.4) is 0 Å². The SMILES string of the molecule is Fc1ccc(/C=C/CCCl)cc1. The van der Waals surface area contributed by atoms with Gasteiger partial charge in [0.2, 0.25) is 0 Å². The molecule has 0 aliphatic carbocycles. The molecule has 0 saturated heterocycles. The van der Waals surface area contributed by atoms with Crippen LogP contribution in [0.4, 0.5) is 4.39 Å². The van der Waals surface area contributed by atoms with Gasteiger partial charge < -0.3 is 0 Å². The van der Waals surface area contributed by atoms with Crippen molar-refractivity contribution in [1.29, 1.82) is 0 Å². The summed E-state index contributed by atoms with van der Waals surface area (Å²) in [7, 11) is 0. The average molecular weight is 185 g/mol. The molecule has 0 fully saturated rings. The van der Waals surface area contributed by atoms with Crippen LogP contribution in [0.5, 0.6) is 0 Å². The molecule has 0 aliphatic heterocycles. The number of benzene rings is 1. The summed E-state index contributed by atoms with van der Waals surface area (Å²) >= 11 is 5.48. The first-order valence-electron chi connectivity index (χ1n) is 3.81. The summed E-state index contributed by atoms with van der Waals surface area (Å²) in [4.78, 5) is 0. The first-order chi connectivity index (χ1) is 5.83. The zero-order valence-electron chi connectivity index (χ0n) is 6.63. The van der Waals surface area contributed by atoms with Gasteiger partial charge in [-0.1, -0.05) is 24.3 Å². The van der Waals surface area contributed by atoms with Crippen molar-refractivity contribution in [3.05, 3.63) is 41.7 Å². The minimum absolute atomic E-state index is 0.204. The molecule has 0 N–H and O–H groups in total. The van der Waals surface area contributed by atoms with E-state index in [4.69, 9.17) is 11.6 Å². The summed E-state index contributed by atoms with van der Waals surface area (Å²) in [5.74, 6) is 0.419. The predicted molar refractivity (Wildman–Crippen MR) is 50.8 cm³/mol. The second kappa shape index (κ2) is 4.94. The largest absolute Gasteiger partial charge is 0.207 e. The fraction of sp³-hybridized carbons (Fsp3) is 0.200. The number of halogens is 2. The van der Waals surface area contributed by atoms with Crippen LogP contribution in [0.15, 0.2) is 30.3 Å². The highest BCUT2D eigenvalue weighted by Gasteiger charge is 1.87. The van der Waals surface area contributed by atoms with Gasteiger partial charge in [-0.05, 0) is 24.1 Å². The van der Waals surface area contributed by atoms with Crippen molar-refractivity contribution >= 4 is 17.7 Å². The Hall–Kier alpha value is -0.820. The molecular weight excluding hydrogens is 175 g/mol. The van der Waals surface area contributed by atoms with E-state index in [0.29, 0.717) is 5.88 Å². The zero-order chi connectivity index (χ0) is 8.81. The van der Waals surface area contributed by atoms with E-state index in [1.807, 2.05) is 12.2 Å². The molecule has 0 nitrogen and oxygen atoms in total. The van der Waals surface area contributed by atoms with E-state index < -0.39 is 0 Å². The van der Waals surface area contributed by atoms with Gasteiger partial charge in [-0.3, -0.25) is 0 Å². The molecular formula is C10H10ClF. The molecule has 0 unspecified atom stereocenters. The van der Waals surface area contributed by atoms with Crippen LogP contribution in [-0.4, -0.2) is 5.88 Å². The lowest BCUT2D eigenvalue weighted by atomic mass is 10.2. The first kappa shape index (κ1) is 9.27. The average Bonchev–Trinajstić information content (AvgIpc) is 2.09. The van der Waals surface area contributed by atoms with Crippen molar-refractivity contribution in [2.24, 2.45) is 0 Å². The second-order valence-corrected chi connectivity index (χ2v) is 2.81. The standard InChI is InChI=1S/C10H10ClF/c11-8-2-1-3-9-4-6-10(12)7-5-9/h1,3-7H,2,8H2/b3-1+. The van der Waals surface area contributed by atoms with Gasteiger partial charge in [-0.15, -0.1) is 11.6 Å². The van der Waals surface area contributed by atoms with Crippen LogP contribution in [-0.2, 0) is 0 Å². The summed E-state index contributed by atoms with van der Waals surface area (Å²) in [5.41, 5.74) is 1.00. The molecule has 0 aliphatic rings. The molecule has 0 bridgehead atoms. The Morgan fingerprint density at radius 1 is 1.25 bits per heavy atom. The number of alkyl halides is 1. The van der Waals surface area contributed by atoms with Crippen LogP contribution < -0.4 is 0 Å². The smallest absolute Gasteiger partial charge is 0.123 e. The van der Waals surface area contributed by atoms with Gasteiger partial charge in [0.25, 0.3) is 0 Å². The third kappa shape index (κ3) is 3.05. The Morgan fingerprint density at radius 3 is 2.50 bits per heavy atom. The highest BCUT2D eigenvalue weighted by molar-refractivity contribution is 6.17. The third-order valence-corrected chi connectivity index (χ3v) is 1.67. The van der Waals surface area contributed by atoms with Crippen molar-refractivity contribution in [1.82, 2.24) is 0 Å². The lowest BCUT2D eigenvalue weighted by molar-refractivity contribution is 0.628. The molecule has 2 heteroatoms. The van der Waals surface area contributed by atoms with Crippen LogP contribution in [0.2, 0.25) is 0 Å². The lowest BCUT2D eigenvalue weighted by Crippen LogP contribution is -1.74. The topological polar surface area (TPSA) is 0 Å². The van der Waals surface area contributed by atoms with Crippen LogP contribution in [0.25, 0.3) is 6.08 Å². The monoisotopic (exact) mass is 184 g/mol. The van der Waals surface area contributed by atoms with Crippen LogP contribution in [0.1, 0.15) is 12.0 Å². The highest BCUT2D eigenvalue weighted by Crippen LogP contribution is 2.05. The van der Waals surface area contributed by atoms with Gasteiger partial charge in [0.15, 0.2) is 0 Å². The Kier molecular flexibility index (Phi) is 3.81. The molecule has 1 aromatic rings. The van der Waals surface area contributed by atoms with E-state index in [1.165, 1.54) is 12.1 Å². The van der Waals surface area contributed by atoms with Crippen molar-refractivity contribution in [2.75, 3.05) is 5.88 Å². The zero-order valence-corrected chi connectivity index (χ0v) is 7.39. The van der Waals surface area contributed by atoms with E-state index in [0.717, 1.165) is 12.0 Å². The van der Waals surface area contributed by atoms with E-state index >= 15 is 0 Å². The molecule has 0 atom stereocenters. The molecule has 1 aromatic carbocycles. The maximum absolute atomic E-state index is 12.4. The molecule has 0 spiro atoms. The van der Waals surface area contributed by atoms with Crippen molar-refractivity contribution in [2.45, 2.75) is 6.42 Å². The number of allylic oxidation sites excluding steroid dienone is 1. The fourth-order valence-corrected chi connectivity index (χ4v) is 0.982. The summed E-state index contributed by atoms with van der Waals surface area (Å²) in [6.45, 7) is 0. The molecule has 0 aromatic heterocycles. The van der Waals surface area contributed by atoms with Gasteiger partial charge in [0.05, 0.1) is 0 Å². The van der Waals surface area contributed by atoms with Crippen LogP contribution in [0, 0.1) is 5.82 Å². The lowest BCUT2D eigenvalue weighted by Gasteiger charge is -1.91. The highest BCUT2D eigenvalue weighted by atomic mass is 35.5. The Labute approximate surface area is 76.7 Å². The summed E-state index contributed by atoms with van der Waals surface area (Å²) in [5, 5.41) is 0. The molecule has 12 heavy (non-hydrogen) atoms. The Morgan fingerprint density at radius 2 is 1.92 bits per heavy atom. The van der Waals surface area contributed by atoms with E-state index in [2.05, 4.69) is 0 Å². The molecule has 0 amide bonds. The minimum Gasteiger partial charge on any atom is -0.207 e. The predicted octanol–water partition coefficient (Wildman–Crippen LogP) is 3.47. The molecule has 0 heterocycles. The maximum Gasteiger partial charge on any atom is 0.123 e. The fourth-order valence-electron chi connectivity index (χ4n) is 0.856. The van der Waals surface area contributed by atoms with Gasteiger partial charge in [0, 0.05) is 5.88 Å². The van der Waals surface area contributed by atoms with E-state index in [1.54, 1.807) is 12.1 Å². The van der Waals surface area contributed by atoms with Crippen LogP contribution >= 0.6 is 11.6 Å². The summed E-state index contributed by atoms with van der Waals surface area (Å²) in [6, 6.07) is 6.36. The molecule has 0 saturated carbocycles. The van der Waals surface area contributed by atoms with Gasteiger partial charge >= 0.3 is 0 Å². The summed E-state index contributed by atoms with van der Waals surface area (Å²) in [6.07, 6.45) is 4.75. The van der Waals surface area contributed by atoms with E-state index in [9.17, 15) is 4.39 Å². The van der Waals surface area contributed by atoms with Crippen molar-refractivity contribution in [3.8, 4) is 0 Å². The number of hydrogen-bond acceptors (Lipinski definition) is 0. The van der Waals surface area contributed by atoms with Gasteiger partial charge in [-0.25, -0.2) is 4.39 Å². The minimum atomic E-state index is -0.204. The van der Waals surface area contributed by atoms with Gasteiger partial charge in [-0.2, -0.15) is 0 Å². The molecule has 1 rings (SSSR count). The van der Waals surface area contributed by atoms with E-state index in [-0.39, 0.29) is 5.82 Å². The number of hydrogen-bond donors (Lipinski definition) is 0. The normalized spacial score (nSPS) is 10.8. The third-order valence-electron chi connectivity index (χ3n) is 1.46. The quantitative estimate of drug-likeness (QED) is 0.631. The van der Waals surface area contributed by atoms with Gasteiger partial charge in [0.1, 0.15) is 5.82 Å². The van der Waals surface area contributed by atoms with Crippen molar-refractivity contribution < 1.29 is 4.39 Å².